The highest BCUT2D eigenvalue weighted by Gasteiger charge is 2.22. The maximum Gasteiger partial charge on any atom is 0.243 e. The first-order valence-electron chi connectivity index (χ1n) is 3.96. The van der Waals surface area contributed by atoms with Crippen LogP contribution in [0.3, 0.4) is 0 Å². The minimum absolute atomic E-state index is 0.115. The Labute approximate surface area is 71.5 Å². The van der Waals surface area contributed by atoms with Crippen LogP contribution >= 0.6 is 0 Å². The van der Waals surface area contributed by atoms with Gasteiger partial charge in [0.05, 0.1) is 6.61 Å². The average molecular weight is 171 g/mol. The summed E-state index contributed by atoms with van der Waals surface area (Å²) in [6.07, 6.45) is 2.98. The van der Waals surface area contributed by atoms with E-state index in [2.05, 4.69) is 12.1 Å². The smallest absolute Gasteiger partial charge is 0.243 e. The van der Waals surface area contributed by atoms with Crippen LogP contribution in [0.4, 0.5) is 0 Å². The highest BCUT2D eigenvalue weighted by molar-refractivity contribution is 5.74. The SMILES string of the molecule is C=CCCC(=O)NOCC1CO1. The fraction of sp³-hybridized carbons (Fsp3) is 0.625. The molecule has 1 saturated heterocycles. The Balaban J connectivity index is 1.89. The highest BCUT2D eigenvalue weighted by Crippen LogP contribution is 2.07. The number of allylic oxidation sites excluding steroid dienone is 1. The van der Waals surface area contributed by atoms with E-state index < -0.39 is 0 Å². The lowest BCUT2D eigenvalue weighted by Gasteiger charge is -2.02. The van der Waals surface area contributed by atoms with Gasteiger partial charge in [-0.05, 0) is 6.42 Å². The quantitative estimate of drug-likeness (QED) is 0.357. The van der Waals surface area contributed by atoms with Crippen LogP contribution in [-0.2, 0) is 14.4 Å². The predicted octanol–water partition coefficient (Wildman–Crippen LogP) is 0.399. The molecule has 68 valence electrons. The molecular weight excluding hydrogens is 158 g/mol. The van der Waals surface area contributed by atoms with Gasteiger partial charge in [0.2, 0.25) is 5.91 Å². The van der Waals surface area contributed by atoms with Gasteiger partial charge < -0.3 is 4.74 Å². The number of hydrogen-bond donors (Lipinski definition) is 1. The summed E-state index contributed by atoms with van der Waals surface area (Å²) in [6, 6.07) is 0. The van der Waals surface area contributed by atoms with E-state index in [1.807, 2.05) is 0 Å². The van der Waals surface area contributed by atoms with E-state index in [9.17, 15) is 4.79 Å². The van der Waals surface area contributed by atoms with Crippen LogP contribution in [0, 0.1) is 0 Å². The van der Waals surface area contributed by atoms with Gasteiger partial charge in [0.1, 0.15) is 12.7 Å². The Bertz CT molecular complexity index is 166. The van der Waals surface area contributed by atoms with E-state index in [1.165, 1.54) is 0 Å². The third-order valence-electron chi connectivity index (χ3n) is 1.43. The molecule has 1 aliphatic heterocycles. The van der Waals surface area contributed by atoms with E-state index in [0.29, 0.717) is 19.4 Å². The summed E-state index contributed by atoms with van der Waals surface area (Å²) in [5.74, 6) is -0.115. The molecule has 0 aromatic carbocycles. The summed E-state index contributed by atoms with van der Waals surface area (Å²) in [4.78, 5) is 15.7. The number of amides is 1. The van der Waals surface area contributed by atoms with Gasteiger partial charge in [-0.15, -0.1) is 6.58 Å². The Morgan fingerprint density at radius 1 is 1.83 bits per heavy atom. The molecule has 0 bridgehead atoms. The van der Waals surface area contributed by atoms with Crippen molar-refractivity contribution in [2.45, 2.75) is 18.9 Å². The maximum atomic E-state index is 10.9. The van der Waals surface area contributed by atoms with Gasteiger partial charge >= 0.3 is 0 Å². The van der Waals surface area contributed by atoms with Gasteiger partial charge in [-0.1, -0.05) is 6.08 Å². The molecule has 12 heavy (non-hydrogen) atoms. The zero-order valence-corrected chi connectivity index (χ0v) is 6.91. The number of hydrogen-bond acceptors (Lipinski definition) is 3. The van der Waals surface area contributed by atoms with Crippen LogP contribution in [0.5, 0.6) is 0 Å². The van der Waals surface area contributed by atoms with Crippen LogP contribution in [-0.4, -0.2) is 25.2 Å². The summed E-state index contributed by atoms with van der Waals surface area (Å²) in [6.45, 7) is 4.69. The molecule has 1 aliphatic rings. The van der Waals surface area contributed by atoms with Crippen LogP contribution < -0.4 is 5.48 Å². The molecule has 1 heterocycles. The monoisotopic (exact) mass is 171 g/mol. The molecule has 4 heteroatoms. The van der Waals surface area contributed by atoms with Gasteiger partial charge in [0, 0.05) is 6.42 Å². The van der Waals surface area contributed by atoms with Crippen LogP contribution in [0.15, 0.2) is 12.7 Å². The van der Waals surface area contributed by atoms with Crippen molar-refractivity contribution in [2.24, 2.45) is 0 Å². The first-order valence-corrected chi connectivity index (χ1v) is 3.96. The Morgan fingerprint density at radius 2 is 2.58 bits per heavy atom. The predicted molar refractivity (Wildman–Crippen MR) is 43.3 cm³/mol. The zero-order valence-electron chi connectivity index (χ0n) is 6.91. The number of ether oxygens (including phenoxy) is 1. The first-order chi connectivity index (χ1) is 5.83. The van der Waals surface area contributed by atoms with Gasteiger partial charge in [0.25, 0.3) is 0 Å². The number of carbonyl (C=O) groups excluding carboxylic acids is 1. The third-order valence-corrected chi connectivity index (χ3v) is 1.43. The van der Waals surface area contributed by atoms with Crippen LogP contribution in [0.2, 0.25) is 0 Å². The van der Waals surface area contributed by atoms with E-state index in [1.54, 1.807) is 6.08 Å². The lowest BCUT2D eigenvalue weighted by Crippen LogP contribution is -2.25. The number of epoxide rings is 1. The molecule has 0 radical (unpaired) electrons. The molecule has 1 atom stereocenters. The Kier molecular flexibility index (Phi) is 3.76. The second-order valence-electron chi connectivity index (χ2n) is 2.62. The summed E-state index contributed by atoms with van der Waals surface area (Å²) < 4.78 is 4.88. The third kappa shape index (κ3) is 4.10. The average Bonchev–Trinajstić information content (AvgIpc) is 2.84. The summed E-state index contributed by atoms with van der Waals surface area (Å²) in [5.41, 5.74) is 2.32. The molecule has 1 fully saturated rings. The fourth-order valence-electron chi connectivity index (χ4n) is 0.664. The molecule has 0 saturated carbocycles. The second-order valence-corrected chi connectivity index (χ2v) is 2.62. The van der Waals surface area contributed by atoms with Crippen molar-refractivity contribution in [2.75, 3.05) is 13.2 Å². The summed E-state index contributed by atoms with van der Waals surface area (Å²) >= 11 is 0. The topological polar surface area (TPSA) is 50.9 Å². The van der Waals surface area contributed by atoms with Crippen LogP contribution in [0.1, 0.15) is 12.8 Å². The molecule has 0 spiro atoms. The lowest BCUT2D eigenvalue weighted by molar-refractivity contribution is -0.133. The molecule has 1 amide bonds. The second kappa shape index (κ2) is 4.90. The molecule has 4 nitrogen and oxygen atoms in total. The molecule has 0 aromatic heterocycles. The summed E-state index contributed by atoms with van der Waals surface area (Å²) in [5, 5.41) is 0. The highest BCUT2D eigenvalue weighted by atomic mass is 16.7. The summed E-state index contributed by atoms with van der Waals surface area (Å²) in [7, 11) is 0. The van der Waals surface area contributed by atoms with E-state index in [-0.39, 0.29) is 12.0 Å². The standard InChI is InChI=1S/C8H13NO3/c1-2-3-4-8(10)9-12-6-7-5-11-7/h2,7H,1,3-6H2,(H,9,10). The molecular formula is C8H13NO3. The van der Waals surface area contributed by atoms with Gasteiger partial charge in [-0.2, -0.15) is 0 Å². The van der Waals surface area contributed by atoms with Crippen LogP contribution in [0.25, 0.3) is 0 Å². The van der Waals surface area contributed by atoms with Crippen molar-refractivity contribution in [3.05, 3.63) is 12.7 Å². The molecule has 1 rings (SSSR count). The Hall–Kier alpha value is -0.870. The van der Waals surface area contributed by atoms with Crippen molar-refractivity contribution >= 4 is 5.91 Å². The first kappa shape index (κ1) is 9.22. The van der Waals surface area contributed by atoms with Gasteiger partial charge in [0.15, 0.2) is 0 Å². The number of rotatable bonds is 6. The van der Waals surface area contributed by atoms with Crippen molar-refractivity contribution in [3.8, 4) is 0 Å². The molecule has 1 N–H and O–H groups in total. The van der Waals surface area contributed by atoms with E-state index >= 15 is 0 Å². The minimum atomic E-state index is -0.115. The van der Waals surface area contributed by atoms with Crippen molar-refractivity contribution in [1.82, 2.24) is 5.48 Å². The minimum Gasteiger partial charge on any atom is -0.371 e. The van der Waals surface area contributed by atoms with Gasteiger partial charge in [-0.25, -0.2) is 5.48 Å². The fourth-order valence-corrected chi connectivity index (χ4v) is 0.664. The van der Waals surface area contributed by atoms with Crippen molar-refractivity contribution in [1.29, 1.82) is 0 Å². The van der Waals surface area contributed by atoms with Crippen molar-refractivity contribution in [3.63, 3.8) is 0 Å². The van der Waals surface area contributed by atoms with Crippen molar-refractivity contribution < 1.29 is 14.4 Å². The largest absolute Gasteiger partial charge is 0.371 e. The number of carbonyl (C=O) groups is 1. The van der Waals surface area contributed by atoms with E-state index in [4.69, 9.17) is 9.57 Å². The Morgan fingerprint density at radius 3 is 3.17 bits per heavy atom. The normalized spacial score (nSPS) is 20.2. The van der Waals surface area contributed by atoms with Gasteiger partial charge in [-0.3, -0.25) is 9.63 Å². The van der Waals surface area contributed by atoms with E-state index in [0.717, 1.165) is 6.61 Å². The maximum absolute atomic E-state index is 10.9. The molecule has 1 unspecified atom stereocenters. The molecule has 0 aromatic rings. The number of hydroxylamine groups is 1. The lowest BCUT2D eigenvalue weighted by atomic mass is 10.3. The zero-order chi connectivity index (χ0) is 8.81. The number of nitrogens with one attached hydrogen (secondary N) is 1. The molecule has 0 aliphatic carbocycles.